The number of carbonyl (C=O) groups is 1. The number of nitro benzene ring substituents is 1. The smallest absolute Gasteiger partial charge is 0.284 e. The van der Waals surface area contributed by atoms with Gasteiger partial charge < -0.3 is 5.32 Å². The summed E-state index contributed by atoms with van der Waals surface area (Å²) < 4.78 is 0.174. The number of amides is 1. The van der Waals surface area contributed by atoms with Gasteiger partial charge in [-0.05, 0) is 34.1 Å². The summed E-state index contributed by atoms with van der Waals surface area (Å²) in [5.74, 6) is -0.401. The van der Waals surface area contributed by atoms with Gasteiger partial charge in [-0.25, -0.2) is 0 Å². The molecule has 0 unspecified atom stereocenters. The second-order valence-electron chi connectivity index (χ2n) is 3.72. The minimum atomic E-state index is -0.538. The number of nitrogens with zero attached hydrogens (tertiary/aromatic N) is 1. The quantitative estimate of drug-likeness (QED) is 0.693. The zero-order valence-corrected chi connectivity index (χ0v) is 11.3. The molecule has 0 spiro atoms. The number of para-hydroxylation sites is 1. The molecule has 0 bridgehead atoms. The normalized spacial score (nSPS) is 9.95. The lowest BCUT2D eigenvalue weighted by atomic mass is 10.2. The first-order valence-electron chi connectivity index (χ1n) is 5.39. The number of benzene rings is 2. The average Bonchev–Trinajstić information content (AvgIpc) is 2.39. The molecule has 0 fully saturated rings. The van der Waals surface area contributed by atoms with Crippen LogP contribution in [0.4, 0.5) is 11.4 Å². The maximum atomic E-state index is 12.0. The molecule has 0 radical (unpaired) electrons. The van der Waals surface area contributed by atoms with Gasteiger partial charge in [-0.2, -0.15) is 0 Å². The molecule has 5 nitrogen and oxygen atoms in total. The van der Waals surface area contributed by atoms with Crippen molar-refractivity contribution in [2.24, 2.45) is 0 Å². The Morgan fingerprint density at radius 3 is 2.42 bits per heavy atom. The molecule has 1 amide bonds. The number of hydrogen-bond acceptors (Lipinski definition) is 3. The Morgan fingerprint density at radius 2 is 1.79 bits per heavy atom. The van der Waals surface area contributed by atoms with E-state index in [1.54, 1.807) is 24.3 Å². The molecule has 96 valence electrons. The molecule has 19 heavy (non-hydrogen) atoms. The monoisotopic (exact) mass is 320 g/mol. The molecular formula is C13H9BrN2O3. The minimum Gasteiger partial charge on any atom is -0.322 e. The molecule has 1 N–H and O–H groups in total. The Bertz CT molecular complexity index is 629. The lowest BCUT2D eigenvalue weighted by Gasteiger charge is -2.06. The molecule has 0 aliphatic carbocycles. The van der Waals surface area contributed by atoms with E-state index in [4.69, 9.17) is 0 Å². The Labute approximate surface area is 117 Å². The maximum Gasteiger partial charge on any atom is 0.284 e. The molecule has 0 aliphatic heterocycles. The fourth-order valence-electron chi connectivity index (χ4n) is 1.56. The summed E-state index contributed by atoms with van der Waals surface area (Å²) in [7, 11) is 0. The molecule has 6 heteroatoms. The molecule has 2 aromatic rings. The van der Waals surface area contributed by atoms with E-state index >= 15 is 0 Å². The highest BCUT2D eigenvalue weighted by Gasteiger charge is 2.19. The third-order valence-corrected chi connectivity index (χ3v) is 3.28. The van der Waals surface area contributed by atoms with Crippen LogP contribution in [0.1, 0.15) is 10.4 Å². The van der Waals surface area contributed by atoms with E-state index in [9.17, 15) is 14.9 Å². The topological polar surface area (TPSA) is 72.2 Å². The van der Waals surface area contributed by atoms with Crippen molar-refractivity contribution in [2.75, 3.05) is 5.32 Å². The molecule has 0 saturated carbocycles. The lowest BCUT2D eigenvalue weighted by Crippen LogP contribution is -2.13. The second kappa shape index (κ2) is 5.62. The summed E-state index contributed by atoms with van der Waals surface area (Å²) in [4.78, 5) is 22.3. The van der Waals surface area contributed by atoms with Crippen LogP contribution in [0.2, 0.25) is 0 Å². The third-order valence-electron chi connectivity index (χ3n) is 2.45. The van der Waals surface area contributed by atoms with E-state index in [1.165, 1.54) is 18.2 Å². The second-order valence-corrected chi connectivity index (χ2v) is 4.51. The highest BCUT2D eigenvalue weighted by molar-refractivity contribution is 9.10. The number of nitro groups is 1. The van der Waals surface area contributed by atoms with Crippen LogP contribution in [0.5, 0.6) is 0 Å². The molecule has 2 rings (SSSR count). The van der Waals surface area contributed by atoms with Crippen LogP contribution in [0.15, 0.2) is 53.0 Å². The highest BCUT2D eigenvalue weighted by Crippen LogP contribution is 2.28. The summed E-state index contributed by atoms with van der Waals surface area (Å²) >= 11 is 3.09. The molecule has 0 heterocycles. The highest BCUT2D eigenvalue weighted by atomic mass is 79.9. The summed E-state index contributed by atoms with van der Waals surface area (Å²) in [5.41, 5.74) is 0.713. The summed E-state index contributed by atoms with van der Waals surface area (Å²) in [6, 6.07) is 13.2. The van der Waals surface area contributed by atoms with Gasteiger partial charge in [-0.15, -0.1) is 0 Å². The summed E-state index contributed by atoms with van der Waals surface area (Å²) in [6.45, 7) is 0. The summed E-state index contributed by atoms with van der Waals surface area (Å²) in [6.07, 6.45) is 0. The molecule has 0 saturated heterocycles. The minimum absolute atomic E-state index is 0.138. The molecule has 0 atom stereocenters. The van der Waals surface area contributed by atoms with Crippen molar-refractivity contribution in [3.05, 3.63) is 68.7 Å². The van der Waals surface area contributed by atoms with Crippen LogP contribution in [0.25, 0.3) is 0 Å². The largest absolute Gasteiger partial charge is 0.322 e. The van der Waals surface area contributed by atoms with Crippen molar-refractivity contribution >= 4 is 33.2 Å². The van der Waals surface area contributed by atoms with Gasteiger partial charge in [-0.1, -0.05) is 24.3 Å². The number of anilines is 1. The SMILES string of the molecule is O=C(Nc1ccccc1)c1cccc([N+](=O)[O-])c1Br. The Hall–Kier alpha value is -2.21. The van der Waals surface area contributed by atoms with E-state index in [0.29, 0.717) is 5.69 Å². The molecule has 0 aliphatic rings. The van der Waals surface area contributed by atoms with Gasteiger partial charge in [0.15, 0.2) is 0 Å². The van der Waals surface area contributed by atoms with Crippen molar-refractivity contribution in [3.63, 3.8) is 0 Å². The van der Waals surface area contributed by atoms with Crippen LogP contribution in [-0.4, -0.2) is 10.8 Å². The zero-order valence-electron chi connectivity index (χ0n) is 9.67. The average molecular weight is 321 g/mol. The maximum absolute atomic E-state index is 12.0. The standard InChI is InChI=1S/C13H9BrN2O3/c14-12-10(7-4-8-11(12)16(18)19)13(17)15-9-5-2-1-3-6-9/h1-8H,(H,15,17). The Morgan fingerprint density at radius 1 is 1.11 bits per heavy atom. The lowest BCUT2D eigenvalue weighted by molar-refractivity contribution is -0.385. The van der Waals surface area contributed by atoms with Gasteiger partial charge in [0.2, 0.25) is 0 Å². The Kier molecular flexibility index (Phi) is 3.91. The first-order chi connectivity index (χ1) is 9.09. The van der Waals surface area contributed by atoms with Crippen LogP contribution < -0.4 is 5.32 Å². The fraction of sp³-hybridized carbons (Fsp3) is 0. The van der Waals surface area contributed by atoms with Gasteiger partial charge >= 0.3 is 0 Å². The first kappa shape index (κ1) is 13.2. The number of carbonyl (C=O) groups excluding carboxylic acids is 1. The van der Waals surface area contributed by atoms with E-state index in [1.807, 2.05) is 6.07 Å². The van der Waals surface area contributed by atoms with E-state index < -0.39 is 10.8 Å². The van der Waals surface area contributed by atoms with Gasteiger partial charge in [0.25, 0.3) is 11.6 Å². The number of hydrogen-bond donors (Lipinski definition) is 1. The first-order valence-corrected chi connectivity index (χ1v) is 6.18. The summed E-state index contributed by atoms with van der Waals surface area (Å²) in [5, 5.41) is 13.5. The van der Waals surface area contributed by atoms with Crippen LogP contribution in [0.3, 0.4) is 0 Å². The molecule has 0 aromatic heterocycles. The van der Waals surface area contributed by atoms with Crippen LogP contribution >= 0.6 is 15.9 Å². The molecule has 2 aromatic carbocycles. The van der Waals surface area contributed by atoms with Gasteiger partial charge in [0, 0.05) is 11.8 Å². The number of halogens is 1. The van der Waals surface area contributed by atoms with Gasteiger partial charge in [-0.3, -0.25) is 14.9 Å². The van der Waals surface area contributed by atoms with Crippen molar-refractivity contribution in [2.45, 2.75) is 0 Å². The van der Waals surface area contributed by atoms with Gasteiger partial charge in [0.1, 0.15) is 4.47 Å². The number of nitrogens with one attached hydrogen (secondary N) is 1. The fourth-order valence-corrected chi connectivity index (χ4v) is 2.15. The predicted molar refractivity (Wildman–Crippen MR) is 75.2 cm³/mol. The van der Waals surface area contributed by atoms with Crippen molar-refractivity contribution in [1.82, 2.24) is 0 Å². The van der Waals surface area contributed by atoms with Crippen LogP contribution in [0, 0.1) is 10.1 Å². The number of rotatable bonds is 3. The van der Waals surface area contributed by atoms with Gasteiger partial charge in [0.05, 0.1) is 10.5 Å². The third kappa shape index (κ3) is 2.97. The van der Waals surface area contributed by atoms with Crippen LogP contribution in [-0.2, 0) is 0 Å². The Balaban J connectivity index is 2.30. The predicted octanol–water partition coefficient (Wildman–Crippen LogP) is 3.61. The van der Waals surface area contributed by atoms with Crippen molar-refractivity contribution < 1.29 is 9.72 Å². The van der Waals surface area contributed by atoms with E-state index in [-0.39, 0.29) is 15.7 Å². The zero-order chi connectivity index (χ0) is 13.8. The molecular weight excluding hydrogens is 312 g/mol. The van der Waals surface area contributed by atoms with E-state index in [2.05, 4.69) is 21.2 Å². The van der Waals surface area contributed by atoms with Crippen molar-refractivity contribution in [1.29, 1.82) is 0 Å². The van der Waals surface area contributed by atoms with Crippen molar-refractivity contribution in [3.8, 4) is 0 Å². The van der Waals surface area contributed by atoms with E-state index in [0.717, 1.165) is 0 Å².